The van der Waals surface area contributed by atoms with Gasteiger partial charge in [-0.25, -0.2) is 4.39 Å². The van der Waals surface area contributed by atoms with Crippen molar-refractivity contribution in [2.24, 2.45) is 5.73 Å². The molecule has 2 rings (SSSR count). The van der Waals surface area contributed by atoms with E-state index in [0.717, 1.165) is 17.7 Å². The Balaban J connectivity index is 2.27. The van der Waals surface area contributed by atoms with Crippen LogP contribution in [0.15, 0.2) is 36.7 Å². The summed E-state index contributed by atoms with van der Waals surface area (Å²) in [5.74, 6) is -0.268. The molecule has 0 bridgehead atoms. The third kappa shape index (κ3) is 2.12. The predicted molar refractivity (Wildman–Crippen MR) is 60.3 cm³/mol. The SMILES string of the molecule is CCn1cc(C(N)c2cccc(F)c2)cn1. The summed E-state index contributed by atoms with van der Waals surface area (Å²) in [4.78, 5) is 0. The Morgan fingerprint density at radius 1 is 1.44 bits per heavy atom. The number of aromatic nitrogens is 2. The lowest BCUT2D eigenvalue weighted by molar-refractivity contribution is 0.623. The summed E-state index contributed by atoms with van der Waals surface area (Å²) in [6, 6.07) is 6.02. The molecule has 0 aliphatic heterocycles. The van der Waals surface area contributed by atoms with Crippen LogP contribution in [0.3, 0.4) is 0 Å². The van der Waals surface area contributed by atoms with Crippen molar-refractivity contribution in [2.45, 2.75) is 19.5 Å². The average Bonchev–Trinajstić information content (AvgIpc) is 2.76. The van der Waals surface area contributed by atoms with Crippen molar-refractivity contribution in [2.75, 3.05) is 0 Å². The predicted octanol–water partition coefficient (Wildman–Crippen LogP) is 2.09. The van der Waals surface area contributed by atoms with E-state index in [2.05, 4.69) is 5.10 Å². The van der Waals surface area contributed by atoms with Gasteiger partial charge in [0.25, 0.3) is 0 Å². The van der Waals surface area contributed by atoms with Crippen molar-refractivity contribution in [3.05, 3.63) is 53.6 Å². The van der Waals surface area contributed by atoms with E-state index < -0.39 is 0 Å². The summed E-state index contributed by atoms with van der Waals surface area (Å²) in [5, 5.41) is 4.15. The van der Waals surface area contributed by atoms with E-state index in [-0.39, 0.29) is 11.9 Å². The zero-order chi connectivity index (χ0) is 11.5. The number of hydrogen-bond donors (Lipinski definition) is 1. The highest BCUT2D eigenvalue weighted by Crippen LogP contribution is 2.19. The molecule has 1 aromatic carbocycles. The Bertz CT molecular complexity index is 479. The van der Waals surface area contributed by atoms with Crippen LogP contribution in [0.4, 0.5) is 4.39 Å². The first-order chi connectivity index (χ1) is 7.70. The van der Waals surface area contributed by atoms with E-state index in [9.17, 15) is 4.39 Å². The first-order valence-corrected chi connectivity index (χ1v) is 5.24. The van der Waals surface area contributed by atoms with E-state index >= 15 is 0 Å². The number of halogens is 1. The summed E-state index contributed by atoms with van der Waals surface area (Å²) in [7, 11) is 0. The molecule has 0 saturated carbocycles. The minimum Gasteiger partial charge on any atom is -0.320 e. The lowest BCUT2D eigenvalue weighted by Gasteiger charge is -2.09. The van der Waals surface area contributed by atoms with E-state index in [4.69, 9.17) is 5.73 Å². The number of nitrogens with zero attached hydrogens (tertiary/aromatic N) is 2. The number of benzene rings is 1. The van der Waals surface area contributed by atoms with Crippen LogP contribution in [0, 0.1) is 5.82 Å². The van der Waals surface area contributed by atoms with Gasteiger partial charge in [-0.1, -0.05) is 12.1 Å². The Morgan fingerprint density at radius 3 is 2.88 bits per heavy atom. The topological polar surface area (TPSA) is 43.8 Å². The van der Waals surface area contributed by atoms with Gasteiger partial charge in [0, 0.05) is 18.3 Å². The van der Waals surface area contributed by atoms with Gasteiger partial charge in [0.1, 0.15) is 5.82 Å². The molecule has 1 heterocycles. The van der Waals surface area contributed by atoms with Gasteiger partial charge in [0.2, 0.25) is 0 Å². The van der Waals surface area contributed by atoms with Crippen molar-refractivity contribution in [3.8, 4) is 0 Å². The number of rotatable bonds is 3. The van der Waals surface area contributed by atoms with Crippen LogP contribution in [-0.2, 0) is 6.54 Å². The number of nitrogens with two attached hydrogens (primary N) is 1. The molecule has 0 fully saturated rings. The minimum atomic E-state index is -0.323. The molecule has 0 amide bonds. The van der Waals surface area contributed by atoms with Gasteiger partial charge in [-0.2, -0.15) is 5.10 Å². The molecular weight excluding hydrogens is 205 g/mol. The maximum atomic E-state index is 13.0. The van der Waals surface area contributed by atoms with E-state index in [1.165, 1.54) is 12.1 Å². The van der Waals surface area contributed by atoms with Crippen LogP contribution >= 0.6 is 0 Å². The standard InChI is InChI=1S/C12H14FN3/c1-2-16-8-10(7-15-16)12(14)9-4-3-5-11(13)6-9/h3-8,12H,2,14H2,1H3. The second kappa shape index (κ2) is 4.45. The molecule has 0 radical (unpaired) electrons. The van der Waals surface area contributed by atoms with Gasteiger partial charge in [-0.3, -0.25) is 4.68 Å². The van der Waals surface area contributed by atoms with Crippen LogP contribution in [-0.4, -0.2) is 9.78 Å². The third-order valence-corrected chi connectivity index (χ3v) is 2.54. The Morgan fingerprint density at radius 2 is 2.25 bits per heavy atom. The molecule has 2 N–H and O–H groups in total. The molecule has 4 heteroatoms. The molecule has 0 aliphatic carbocycles. The Kier molecular flexibility index (Phi) is 3.01. The van der Waals surface area contributed by atoms with Crippen LogP contribution < -0.4 is 5.73 Å². The molecule has 1 unspecified atom stereocenters. The zero-order valence-electron chi connectivity index (χ0n) is 9.10. The minimum absolute atomic E-state index is 0.268. The first-order valence-electron chi connectivity index (χ1n) is 5.24. The van der Waals surface area contributed by atoms with Gasteiger partial charge >= 0.3 is 0 Å². The van der Waals surface area contributed by atoms with Gasteiger partial charge in [-0.05, 0) is 24.6 Å². The van der Waals surface area contributed by atoms with E-state index in [1.807, 2.05) is 19.2 Å². The van der Waals surface area contributed by atoms with Crippen molar-refractivity contribution < 1.29 is 4.39 Å². The molecular formula is C12H14FN3. The highest BCUT2D eigenvalue weighted by atomic mass is 19.1. The zero-order valence-corrected chi connectivity index (χ0v) is 9.10. The van der Waals surface area contributed by atoms with E-state index in [1.54, 1.807) is 16.9 Å². The molecule has 84 valence electrons. The molecule has 1 atom stereocenters. The number of hydrogen-bond acceptors (Lipinski definition) is 2. The van der Waals surface area contributed by atoms with Crippen molar-refractivity contribution in [3.63, 3.8) is 0 Å². The Hall–Kier alpha value is -1.68. The molecule has 0 spiro atoms. The fraction of sp³-hybridized carbons (Fsp3) is 0.250. The summed E-state index contributed by atoms with van der Waals surface area (Å²) >= 11 is 0. The molecule has 3 nitrogen and oxygen atoms in total. The Labute approximate surface area is 93.7 Å². The van der Waals surface area contributed by atoms with Gasteiger partial charge in [0.15, 0.2) is 0 Å². The molecule has 0 saturated heterocycles. The van der Waals surface area contributed by atoms with Crippen LogP contribution in [0.25, 0.3) is 0 Å². The third-order valence-electron chi connectivity index (χ3n) is 2.54. The van der Waals surface area contributed by atoms with Crippen molar-refractivity contribution in [1.29, 1.82) is 0 Å². The van der Waals surface area contributed by atoms with Crippen LogP contribution in [0.1, 0.15) is 24.1 Å². The molecule has 1 aromatic heterocycles. The molecule has 0 aliphatic rings. The second-order valence-corrected chi connectivity index (χ2v) is 3.66. The van der Waals surface area contributed by atoms with Crippen molar-refractivity contribution in [1.82, 2.24) is 9.78 Å². The summed E-state index contributed by atoms with van der Waals surface area (Å²) in [6.45, 7) is 2.81. The van der Waals surface area contributed by atoms with Crippen LogP contribution in [0.5, 0.6) is 0 Å². The largest absolute Gasteiger partial charge is 0.320 e. The van der Waals surface area contributed by atoms with Gasteiger partial charge in [-0.15, -0.1) is 0 Å². The summed E-state index contributed by atoms with van der Waals surface area (Å²) in [5.41, 5.74) is 7.69. The first kappa shape index (κ1) is 10.8. The lowest BCUT2D eigenvalue weighted by Crippen LogP contribution is -2.11. The highest BCUT2D eigenvalue weighted by molar-refractivity contribution is 5.28. The average molecular weight is 219 g/mol. The monoisotopic (exact) mass is 219 g/mol. The lowest BCUT2D eigenvalue weighted by atomic mass is 10.0. The molecule has 2 aromatic rings. The molecule has 16 heavy (non-hydrogen) atoms. The van der Waals surface area contributed by atoms with Gasteiger partial charge in [0.05, 0.1) is 12.2 Å². The van der Waals surface area contributed by atoms with Crippen LogP contribution in [0.2, 0.25) is 0 Å². The maximum absolute atomic E-state index is 13.0. The maximum Gasteiger partial charge on any atom is 0.123 e. The number of aryl methyl sites for hydroxylation is 1. The smallest absolute Gasteiger partial charge is 0.123 e. The highest BCUT2D eigenvalue weighted by Gasteiger charge is 2.11. The summed E-state index contributed by atoms with van der Waals surface area (Å²) in [6.07, 6.45) is 3.61. The normalized spacial score (nSPS) is 12.7. The van der Waals surface area contributed by atoms with Crippen molar-refractivity contribution >= 4 is 0 Å². The van der Waals surface area contributed by atoms with E-state index in [0.29, 0.717) is 0 Å². The summed E-state index contributed by atoms with van der Waals surface area (Å²) < 4.78 is 14.8. The quantitative estimate of drug-likeness (QED) is 0.859. The van der Waals surface area contributed by atoms with Gasteiger partial charge < -0.3 is 5.73 Å². The fourth-order valence-corrected chi connectivity index (χ4v) is 1.61. The second-order valence-electron chi connectivity index (χ2n) is 3.66. The fourth-order valence-electron chi connectivity index (χ4n) is 1.61.